The predicted molar refractivity (Wildman–Crippen MR) is 71.6 cm³/mol. The van der Waals surface area contributed by atoms with Crippen molar-refractivity contribution in [2.45, 2.75) is 57.7 Å². The Bertz CT molecular complexity index is 381. The van der Waals surface area contributed by atoms with Gasteiger partial charge in [0.15, 0.2) is 0 Å². The average Bonchev–Trinajstić information content (AvgIpc) is 2.41. The van der Waals surface area contributed by atoms with Crippen LogP contribution in [0.25, 0.3) is 0 Å². The van der Waals surface area contributed by atoms with Gasteiger partial charge >= 0.3 is 0 Å². The van der Waals surface area contributed by atoms with Crippen LogP contribution in [0.3, 0.4) is 0 Å². The fraction of sp³-hybridized carbons (Fsp3) is 0.857. The predicted octanol–water partition coefficient (Wildman–Crippen LogP) is 1.02. The summed E-state index contributed by atoms with van der Waals surface area (Å²) in [6, 6.07) is -0.624. The van der Waals surface area contributed by atoms with Gasteiger partial charge in [-0.3, -0.25) is 9.59 Å². The molecule has 2 aliphatic heterocycles. The minimum atomic E-state index is -0.430. The lowest BCUT2D eigenvalue weighted by Gasteiger charge is -2.47. The van der Waals surface area contributed by atoms with Crippen molar-refractivity contribution < 1.29 is 14.3 Å². The number of fused-ring (bicyclic) bond motifs is 1. The summed E-state index contributed by atoms with van der Waals surface area (Å²) >= 11 is 0. The second kappa shape index (κ2) is 5.12. The van der Waals surface area contributed by atoms with Crippen LogP contribution in [0.4, 0.5) is 0 Å². The number of hydrogen-bond donors (Lipinski definition) is 0. The molecule has 2 heterocycles. The third-order valence-electron chi connectivity index (χ3n) is 4.28. The summed E-state index contributed by atoms with van der Waals surface area (Å²) in [4.78, 5) is 28.4. The first kappa shape index (κ1) is 14.3. The van der Waals surface area contributed by atoms with Crippen LogP contribution in [0.15, 0.2) is 0 Å². The zero-order valence-electron chi connectivity index (χ0n) is 12.3. The lowest BCUT2D eigenvalue weighted by molar-refractivity contribution is -0.166. The van der Waals surface area contributed by atoms with Gasteiger partial charge in [0.25, 0.3) is 0 Å². The normalized spacial score (nSPS) is 28.6. The van der Waals surface area contributed by atoms with Gasteiger partial charge in [-0.2, -0.15) is 0 Å². The Morgan fingerprint density at radius 1 is 1.26 bits per heavy atom. The Labute approximate surface area is 114 Å². The number of methoxy groups -OCH3 is 1. The third kappa shape index (κ3) is 2.61. The molecule has 2 aliphatic rings. The zero-order valence-corrected chi connectivity index (χ0v) is 12.3. The van der Waals surface area contributed by atoms with Crippen molar-refractivity contribution in [3.8, 4) is 0 Å². The SMILES string of the molecule is COC(C)(C)CN1C(=O)C2CCCCN2C(=O)C1C. The molecule has 0 saturated carbocycles. The largest absolute Gasteiger partial charge is 0.377 e. The summed E-state index contributed by atoms with van der Waals surface area (Å²) < 4.78 is 5.39. The zero-order chi connectivity index (χ0) is 14.2. The first-order valence-electron chi connectivity index (χ1n) is 7.03. The minimum absolute atomic E-state index is 0.0798. The number of carbonyl (C=O) groups excluding carboxylic acids is 2. The van der Waals surface area contributed by atoms with Gasteiger partial charge in [0, 0.05) is 20.2 Å². The van der Waals surface area contributed by atoms with Gasteiger partial charge in [0.05, 0.1) is 5.60 Å². The monoisotopic (exact) mass is 268 g/mol. The van der Waals surface area contributed by atoms with Crippen LogP contribution < -0.4 is 0 Å². The molecule has 0 aliphatic carbocycles. The van der Waals surface area contributed by atoms with Crippen molar-refractivity contribution in [1.29, 1.82) is 0 Å². The highest BCUT2D eigenvalue weighted by atomic mass is 16.5. The molecule has 0 aromatic carbocycles. The van der Waals surface area contributed by atoms with Crippen molar-refractivity contribution in [3.63, 3.8) is 0 Å². The first-order chi connectivity index (χ1) is 8.87. The maximum absolute atomic E-state index is 12.6. The van der Waals surface area contributed by atoms with Crippen LogP contribution in [-0.2, 0) is 14.3 Å². The molecule has 2 atom stereocenters. The Kier molecular flexibility index (Phi) is 3.85. The number of carbonyl (C=O) groups is 2. The fourth-order valence-corrected chi connectivity index (χ4v) is 2.90. The molecule has 2 fully saturated rings. The van der Waals surface area contributed by atoms with Crippen molar-refractivity contribution in [2.75, 3.05) is 20.2 Å². The number of nitrogens with zero attached hydrogens (tertiary/aromatic N) is 2. The van der Waals surface area contributed by atoms with Crippen LogP contribution in [0, 0.1) is 0 Å². The van der Waals surface area contributed by atoms with Crippen LogP contribution in [0.5, 0.6) is 0 Å². The molecule has 0 N–H and O–H groups in total. The number of piperazine rings is 1. The molecule has 5 nitrogen and oxygen atoms in total. The maximum atomic E-state index is 12.6. The molecule has 2 amide bonds. The fourth-order valence-electron chi connectivity index (χ4n) is 2.90. The summed E-state index contributed by atoms with van der Waals surface area (Å²) in [6.07, 6.45) is 2.82. The number of ether oxygens (including phenoxy) is 1. The quantitative estimate of drug-likeness (QED) is 0.768. The second-order valence-corrected chi connectivity index (χ2v) is 6.15. The molecule has 0 aromatic heterocycles. The van der Waals surface area contributed by atoms with E-state index in [4.69, 9.17) is 4.74 Å². The van der Waals surface area contributed by atoms with Crippen molar-refractivity contribution in [2.24, 2.45) is 0 Å². The second-order valence-electron chi connectivity index (χ2n) is 6.15. The Balaban J connectivity index is 2.20. The van der Waals surface area contributed by atoms with E-state index in [0.29, 0.717) is 6.54 Å². The Morgan fingerprint density at radius 3 is 2.58 bits per heavy atom. The third-order valence-corrected chi connectivity index (χ3v) is 4.28. The molecule has 5 heteroatoms. The molecular weight excluding hydrogens is 244 g/mol. The first-order valence-corrected chi connectivity index (χ1v) is 7.03. The average molecular weight is 268 g/mol. The van der Waals surface area contributed by atoms with Crippen LogP contribution in [0.2, 0.25) is 0 Å². The number of piperidine rings is 1. The molecular formula is C14H24N2O3. The van der Waals surface area contributed by atoms with E-state index < -0.39 is 5.60 Å². The summed E-state index contributed by atoms with van der Waals surface area (Å²) in [6.45, 7) is 6.87. The van der Waals surface area contributed by atoms with Gasteiger partial charge in [0.2, 0.25) is 11.8 Å². The highest BCUT2D eigenvalue weighted by molar-refractivity contribution is 5.97. The molecule has 2 rings (SSSR count). The molecule has 108 valence electrons. The molecule has 2 saturated heterocycles. The number of hydrogen-bond acceptors (Lipinski definition) is 3. The Hall–Kier alpha value is -1.10. The highest BCUT2D eigenvalue weighted by Gasteiger charge is 2.45. The summed E-state index contributed by atoms with van der Waals surface area (Å²) in [5, 5.41) is 0. The van der Waals surface area contributed by atoms with E-state index in [9.17, 15) is 9.59 Å². The van der Waals surface area contributed by atoms with E-state index in [2.05, 4.69) is 0 Å². The van der Waals surface area contributed by atoms with Crippen molar-refractivity contribution in [1.82, 2.24) is 9.80 Å². The molecule has 0 radical (unpaired) electrons. The number of rotatable bonds is 3. The van der Waals surface area contributed by atoms with Gasteiger partial charge in [-0.15, -0.1) is 0 Å². The summed E-state index contributed by atoms with van der Waals surface area (Å²) in [5.41, 5.74) is -0.430. The van der Waals surface area contributed by atoms with Crippen LogP contribution in [-0.4, -0.2) is 59.5 Å². The Morgan fingerprint density at radius 2 is 1.95 bits per heavy atom. The van der Waals surface area contributed by atoms with E-state index in [1.165, 1.54) is 0 Å². The summed E-state index contributed by atoms with van der Waals surface area (Å²) in [5.74, 6) is 0.160. The van der Waals surface area contributed by atoms with E-state index in [0.717, 1.165) is 25.8 Å². The van der Waals surface area contributed by atoms with Gasteiger partial charge in [-0.05, 0) is 40.0 Å². The summed E-state index contributed by atoms with van der Waals surface area (Å²) in [7, 11) is 1.63. The van der Waals surface area contributed by atoms with Crippen LogP contribution >= 0.6 is 0 Å². The lowest BCUT2D eigenvalue weighted by Crippen LogP contribution is -2.66. The molecule has 0 bridgehead atoms. The molecule has 0 spiro atoms. The topological polar surface area (TPSA) is 49.9 Å². The van der Waals surface area contributed by atoms with E-state index in [-0.39, 0.29) is 23.9 Å². The molecule has 2 unspecified atom stereocenters. The standard InChI is InChI=1S/C14H24N2O3/c1-10-12(17)15-8-6-5-7-11(15)13(18)16(10)9-14(2,3)19-4/h10-11H,5-9H2,1-4H3. The highest BCUT2D eigenvalue weighted by Crippen LogP contribution is 2.27. The minimum Gasteiger partial charge on any atom is -0.377 e. The van der Waals surface area contributed by atoms with Crippen LogP contribution in [0.1, 0.15) is 40.0 Å². The lowest BCUT2D eigenvalue weighted by atomic mass is 9.94. The van der Waals surface area contributed by atoms with E-state index in [1.807, 2.05) is 20.8 Å². The van der Waals surface area contributed by atoms with Crippen molar-refractivity contribution >= 4 is 11.8 Å². The van der Waals surface area contributed by atoms with Gasteiger partial charge in [-0.25, -0.2) is 0 Å². The van der Waals surface area contributed by atoms with E-state index >= 15 is 0 Å². The van der Waals surface area contributed by atoms with Gasteiger partial charge in [-0.1, -0.05) is 0 Å². The van der Waals surface area contributed by atoms with Crippen molar-refractivity contribution in [3.05, 3.63) is 0 Å². The number of amides is 2. The molecule has 0 aromatic rings. The molecule has 19 heavy (non-hydrogen) atoms. The maximum Gasteiger partial charge on any atom is 0.246 e. The smallest absolute Gasteiger partial charge is 0.246 e. The van der Waals surface area contributed by atoms with Gasteiger partial charge in [0.1, 0.15) is 12.1 Å². The van der Waals surface area contributed by atoms with E-state index in [1.54, 1.807) is 16.9 Å². The van der Waals surface area contributed by atoms with Gasteiger partial charge < -0.3 is 14.5 Å².